The smallest absolute Gasteiger partial charge is 0.372 e. The van der Waals surface area contributed by atoms with Crippen LogP contribution in [0.4, 0.5) is 13.2 Å². The number of hydrogen-bond acceptors (Lipinski definition) is 4. The van der Waals surface area contributed by atoms with Crippen molar-refractivity contribution in [2.45, 2.75) is 38.9 Å². The van der Waals surface area contributed by atoms with Gasteiger partial charge in [0.2, 0.25) is 0 Å². The minimum absolute atomic E-state index is 0.000496. The minimum atomic E-state index is -4.32. The lowest BCUT2D eigenvalue weighted by Gasteiger charge is -2.24. The van der Waals surface area contributed by atoms with Crippen LogP contribution in [0.25, 0.3) is 0 Å². The molecule has 1 N–H and O–H groups in total. The Morgan fingerprint density at radius 3 is 2.48 bits per heavy atom. The van der Waals surface area contributed by atoms with Crippen LogP contribution in [-0.4, -0.2) is 51.9 Å². The van der Waals surface area contributed by atoms with Crippen LogP contribution < -0.4 is 5.32 Å². The van der Waals surface area contributed by atoms with Crippen LogP contribution in [0.15, 0.2) is 0 Å². The van der Waals surface area contributed by atoms with Crippen molar-refractivity contribution in [3.05, 3.63) is 0 Å². The van der Waals surface area contributed by atoms with Gasteiger partial charge < -0.3 is 10.1 Å². The Labute approximate surface area is 124 Å². The monoisotopic (exact) mass is 331 g/mol. The first-order chi connectivity index (χ1) is 9.59. The predicted octanol–water partition coefficient (Wildman–Crippen LogP) is 2.00. The van der Waals surface area contributed by atoms with Crippen LogP contribution in [0.2, 0.25) is 0 Å². The van der Waals surface area contributed by atoms with Crippen molar-refractivity contribution in [3.63, 3.8) is 0 Å². The van der Waals surface area contributed by atoms with Gasteiger partial charge >= 0.3 is 6.18 Å². The highest BCUT2D eigenvalue weighted by Crippen LogP contribution is 2.28. The third-order valence-corrected chi connectivity index (χ3v) is 5.42. The molecule has 126 valence electrons. The molecule has 4 nitrogen and oxygen atoms in total. The summed E-state index contributed by atoms with van der Waals surface area (Å²) in [6.07, 6.45) is -3.29. The number of hydrogen-bond donors (Lipinski definition) is 1. The fourth-order valence-corrected chi connectivity index (χ4v) is 4.43. The summed E-state index contributed by atoms with van der Waals surface area (Å²) in [5.74, 6) is 0.351. The lowest BCUT2D eigenvalue weighted by molar-refractivity contribution is -0.174. The number of sulfone groups is 1. The zero-order valence-electron chi connectivity index (χ0n) is 12.4. The quantitative estimate of drug-likeness (QED) is 0.691. The Balaban J connectivity index is 2.45. The van der Waals surface area contributed by atoms with Crippen LogP contribution in [0, 0.1) is 11.8 Å². The Bertz CT molecular complexity index is 409. The number of ether oxygens (including phenoxy) is 1. The molecule has 1 aliphatic heterocycles. The summed E-state index contributed by atoms with van der Waals surface area (Å²) < 4.78 is 63.8. The lowest BCUT2D eigenvalue weighted by atomic mass is 9.89. The van der Waals surface area contributed by atoms with E-state index in [1.54, 1.807) is 0 Å². The van der Waals surface area contributed by atoms with E-state index in [1.807, 2.05) is 13.8 Å². The predicted molar refractivity (Wildman–Crippen MR) is 74.9 cm³/mol. The van der Waals surface area contributed by atoms with Crippen molar-refractivity contribution in [1.82, 2.24) is 5.32 Å². The Kier molecular flexibility index (Phi) is 6.93. The first-order valence-electron chi connectivity index (χ1n) is 7.17. The summed E-state index contributed by atoms with van der Waals surface area (Å²) >= 11 is 0. The first-order valence-corrected chi connectivity index (χ1v) is 8.99. The average molecular weight is 331 g/mol. The van der Waals surface area contributed by atoms with E-state index in [0.29, 0.717) is 19.4 Å². The van der Waals surface area contributed by atoms with Gasteiger partial charge in [0, 0.05) is 12.6 Å². The van der Waals surface area contributed by atoms with E-state index in [4.69, 9.17) is 0 Å². The highest BCUT2D eigenvalue weighted by Gasteiger charge is 2.34. The summed E-state index contributed by atoms with van der Waals surface area (Å²) in [6, 6.07) is 0.251. The van der Waals surface area contributed by atoms with Gasteiger partial charge in [-0.2, -0.15) is 13.2 Å². The number of nitrogens with one attached hydrogen (secondary N) is 1. The molecule has 0 bridgehead atoms. The number of rotatable bonds is 8. The van der Waals surface area contributed by atoms with Gasteiger partial charge in [0.25, 0.3) is 0 Å². The van der Waals surface area contributed by atoms with E-state index in [2.05, 4.69) is 10.1 Å². The molecule has 0 aromatic carbocycles. The van der Waals surface area contributed by atoms with Crippen molar-refractivity contribution in [2.75, 3.05) is 31.3 Å². The van der Waals surface area contributed by atoms with Crippen molar-refractivity contribution in [1.29, 1.82) is 0 Å². The van der Waals surface area contributed by atoms with Crippen molar-refractivity contribution >= 4 is 9.84 Å². The zero-order chi connectivity index (χ0) is 16.1. The summed E-state index contributed by atoms with van der Waals surface area (Å²) in [4.78, 5) is 0. The normalized spacial score (nSPS) is 23.6. The van der Waals surface area contributed by atoms with E-state index < -0.39 is 22.6 Å². The molecule has 0 aromatic rings. The van der Waals surface area contributed by atoms with Gasteiger partial charge in [-0.25, -0.2) is 8.42 Å². The molecule has 1 fully saturated rings. The maximum Gasteiger partial charge on any atom is 0.411 e. The molecule has 0 amide bonds. The third kappa shape index (κ3) is 8.01. The second kappa shape index (κ2) is 7.78. The third-order valence-electron chi connectivity index (χ3n) is 3.62. The van der Waals surface area contributed by atoms with Crippen molar-refractivity contribution in [2.24, 2.45) is 11.8 Å². The summed E-state index contributed by atoms with van der Waals surface area (Å²) in [7, 11) is -2.98. The summed E-state index contributed by atoms with van der Waals surface area (Å²) in [5.41, 5.74) is 0. The van der Waals surface area contributed by atoms with Crippen LogP contribution in [-0.2, 0) is 14.6 Å². The molecule has 1 heterocycles. The molecule has 1 aliphatic rings. The largest absolute Gasteiger partial charge is 0.411 e. The molecule has 0 saturated carbocycles. The first kappa shape index (κ1) is 18.7. The maximum absolute atomic E-state index is 12.0. The molecule has 0 spiro atoms. The van der Waals surface area contributed by atoms with E-state index in [1.165, 1.54) is 0 Å². The van der Waals surface area contributed by atoms with Crippen LogP contribution in [0.1, 0.15) is 26.7 Å². The number of halogens is 3. The number of alkyl halides is 3. The van der Waals surface area contributed by atoms with Crippen molar-refractivity contribution < 1.29 is 26.3 Å². The van der Waals surface area contributed by atoms with E-state index in [9.17, 15) is 21.6 Å². The van der Waals surface area contributed by atoms with Gasteiger partial charge in [0.05, 0.1) is 11.5 Å². The van der Waals surface area contributed by atoms with Gasteiger partial charge in [-0.1, -0.05) is 13.8 Å². The molecule has 0 aromatic heterocycles. The van der Waals surface area contributed by atoms with Crippen LogP contribution in [0.5, 0.6) is 0 Å². The lowest BCUT2D eigenvalue weighted by Crippen LogP contribution is -2.34. The molecular formula is C13H24F3NO3S. The van der Waals surface area contributed by atoms with Gasteiger partial charge in [0.1, 0.15) is 6.61 Å². The van der Waals surface area contributed by atoms with Gasteiger partial charge in [-0.05, 0) is 31.2 Å². The van der Waals surface area contributed by atoms with Gasteiger partial charge in [-0.3, -0.25) is 0 Å². The highest BCUT2D eigenvalue weighted by molar-refractivity contribution is 7.91. The van der Waals surface area contributed by atoms with Crippen LogP contribution in [0.3, 0.4) is 0 Å². The topological polar surface area (TPSA) is 55.4 Å². The summed E-state index contributed by atoms with van der Waals surface area (Å²) in [6.45, 7) is 3.30. The van der Waals surface area contributed by atoms with Gasteiger partial charge in [-0.15, -0.1) is 0 Å². The van der Waals surface area contributed by atoms with Gasteiger partial charge in [0.15, 0.2) is 9.84 Å². The fraction of sp³-hybridized carbons (Fsp3) is 1.00. The molecule has 8 heteroatoms. The molecule has 2 unspecified atom stereocenters. The maximum atomic E-state index is 12.0. The minimum Gasteiger partial charge on any atom is -0.372 e. The molecule has 1 rings (SSSR count). The zero-order valence-corrected chi connectivity index (χ0v) is 13.3. The Morgan fingerprint density at radius 2 is 2.00 bits per heavy atom. The molecule has 21 heavy (non-hydrogen) atoms. The van der Waals surface area contributed by atoms with Crippen LogP contribution >= 0.6 is 0 Å². The molecule has 0 aliphatic carbocycles. The summed E-state index contributed by atoms with van der Waals surface area (Å²) in [5, 5.41) is 3.23. The average Bonchev–Trinajstić information content (AvgIpc) is 2.67. The molecule has 1 saturated heterocycles. The van der Waals surface area contributed by atoms with Crippen molar-refractivity contribution in [3.8, 4) is 0 Å². The molecule has 2 atom stereocenters. The molecule has 0 radical (unpaired) electrons. The second-order valence-electron chi connectivity index (χ2n) is 5.94. The molecular weight excluding hydrogens is 307 g/mol. The van der Waals surface area contributed by atoms with E-state index in [-0.39, 0.29) is 36.0 Å². The SMILES string of the molecule is CC(C)NCC(CCOCC(F)(F)F)C1CCS(=O)(=O)C1. The standard InChI is InChI=1S/C13H24F3NO3S/c1-10(2)17-7-11(3-5-20-9-13(14,15)16)12-4-6-21(18,19)8-12/h10-12,17H,3-9H2,1-2H3. The second-order valence-corrected chi connectivity index (χ2v) is 8.17. The Morgan fingerprint density at radius 1 is 1.33 bits per heavy atom. The van der Waals surface area contributed by atoms with E-state index in [0.717, 1.165) is 0 Å². The van der Waals surface area contributed by atoms with E-state index >= 15 is 0 Å². The Hall–Kier alpha value is -0.340. The highest BCUT2D eigenvalue weighted by atomic mass is 32.2. The fourth-order valence-electron chi connectivity index (χ4n) is 2.51.